The zero-order chi connectivity index (χ0) is 29.8. The molecular weight excluding hydrogens is 544 g/mol. The van der Waals surface area contributed by atoms with Gasteiger partial charge in [-0.3, -0.25) is 9.59 Å². The highest BCUT2D eigenvalue weighted by molar-refractivity contribution is 5.95. The predicted octanol–water partition coefficient (Wildman–Crippen LogP) is 4.22. The number of benzene rings is 2. The molecule has 0 unspecified atom stereocenters. The number of carbonyl (C=O) groups is 3. The van der Waals surface area contributed by atoms with E-state index in [1.807, 2.05) is 72.8 Å². The Morgan fingerprint density at radius 1 is 1.07 bits per heavy atom. The molecule has 0 radical (unpaired) electrons. The van der Waals surface area contributed by atoms with Crippen LogP contribution in [-0.2, 0) is 20.9 Å². The Morgan fingerprint density at radius 2 is 1.88 bits per heavy atom. The first-order valence-electron chi connectivity index (χ1n) is 15.2. The Bertz CT molecular complexity index is 1510. The number of rotatable bonds is 6. The Labute approximate surface area is 251 Å². The fourth-order valence-electron chi connectivity index (χ4n) is 6.38. The van der Waals surface area contributed by atoms with Crippen molar-refractivity contribution in [1.82, 2.24) is 20.5 Å². The van der Waals surface area contributed by atoms with Crippen LogP contribution < -0.4 is 15.4 Å². The zero-order valence-electron chi connectivity index (χ0n) is 24.2. The van der Waals surface area contributed by atoms with Crippen LogP contribution in [0.5, 0.6) is 5.88 Å². The molecule has 1 aromatic heterocycles. The second-order valence-electron chi connectivity index (χ2n) is 11.9. The van der Waals surface area contributed by atoms with Crippen molar-refractivity contribution in [2.24, 2.45) is 5.92 Å². The minimum atomic E-state index is -1.34. The van der Waals surface area contributed by atoms with Crippen molar-refractivity contribution in [2.45, 2.75) is 75.2 Å². The first kappa shape index (κ1) is 28.9. The van der Waals surface area contributed by atoms with Crippen LogP contribution in [0.4, 0.5) is 0 Å². The Hall–Kier alpha value is -4.24. The molecule has 0 spiro atoms. The molecule has 9 nitrogen and oxygen atoms in total. The van der Waals surface area contributed by atoms with Gasteiger partial charge in [0, 0.05) is 30.5 Å². The summed E-state index contributed by atoms with van der Waals surface area (Å²) in [5.74, 6) is -1.49. The highest BCUT2D eigenvalue weighted by atomic mass is 16.5. The van der Waals surface area contributed by atoms with Gasteiger partial charge in [0.25, 0.3) is 0 Å². The maximum atomic E-state index is 14.2. The van der Waals surface area contributed by atoms with Crippen molar-refractivity contribution in [3.8, 4) is 5.88 Å². The quantitative estimate of drug-likeness (QED) is 0.372. The molecule has 5 atom stereocenters. The monoisotopic (exact) mass is 582 g/mol. The third kappa shape index (κ3) is 6.27. The average Bonchev–Trinajstić information content (AvgIpc) is 3.55. The van der Waals surface area contributed by atoms with E-state index in [-0.39, 0.29) is 24.8 Å². The number of nitrogens with one attached hydrogen (secondary N) is 2. The molecule has 2 aromatic carbocycles. The van der Waals surface area contributed by atoms with Gasteiger partial charge in [-0.1, -0.05) is 73.5 Å². The number of hydrogen-bond donors (Lipinski definition) is 3. The van der Waals surface area contributed by atoms with Crippen LogP contribution in [0.15, 0.2) is 79.0 Å². The summed E-state index contributed by atoms with van der Waals surface area (Å²) in [6, 6.07) is 18.3. The van der Waals surface area contributed by atoms with E-state index in [1.54, 1.807) is 11.1 Å². The van der Waals surface area contributed by atoms with E-state index in [1.165, 1.54) is 0 Å². The molecule has 6 rings (SSSR count). The molecule has 43 heavy (non-hydrogen) atoms. The number of amides is 2. The van der Waals surface area contributed by atoms with Crippen molar-refractivity contribution in [3.63, 3.8) is 0 Å². The lowest BCUT2D eigenvalue weighted by Gasteiger charge is -2.29. The van der Waals surface area contributed by atoms with Crippen LogP contribution in [0.1, 0.15) is 50.5 Å². The summed E-state index contributed by atoms with van der Waals surface area (Å²) in [5, 5.41) is 18.2. The average molecular weight is 583 g/mol. The molecule has 1 saturated carbocycles. The van der Waals surface area contributed by atoms with E-state index in [0.29, 0.717) is 25.3 Å². The molecule has 3 N–H and O–H groups in total. The van der Waals surface area contributed by atoms with Crippen LogP contribution in [0.3, 0.4) is 0 Å². The number of ether oxygens (including phenoxy) is 1. The number of fused-ring (bicyclic) bond motifs is 3. The summed E-state index contributed by atoms with van der Waals surface area (Å²) in [6.45, 7) is 0.725. The van der Waals surface area contributed by atoms with Gasteiger partial charge in [-0.25, -0.2) is 9.78 Å². The van der Waals surface area contributed by atoms with Crippen molar-refractivity contribution in [2.75, 3.05) is 6.54 Å². The maximum Gasteiger partial charge on any atom is 0.330 e. The lowest BCUT2D eigenvalue weighted by Crippen LogP contribution is -2.55. The smallest absolute Gasteiger partial charge is 0.330 e. The van der Waals surface area contributed by atoms with Gasteiger partial charge in [-0.05, 0) is 48.8 Å². The van der Waals surface area contributed by atoms with Gasteiger partial charge in [0.2, 0.25) is 17.7 Å². The predicted molar refractivity (Wildman–Crippen MR) is 162 cm³/mol. The number of allylic oxidation sites excluding steroid dienone is 1. The van der Waals surface area contributed by atoms with Crippen molar-refractivity contribution >= 4 is 28.6 Å². The van der Waals surface area contributed by atoms with Gasteiger partial charge in [0.1, 0.15) is 17.7 Å². The molecule has 2 fully saturated rings. The second-order valence-corrected chi connectivity index (χ2v) is 11.9. The first-order chi connectivity index (χ1) is 20.9. The fourth-order valence-corrected chi connectivity index (χ4v) is 6.38. The largest absolute Gasteiger partial charge is 0.479 e. The van der Waals surface area contributed by atoms with E-state index in [9.17, 15) is 19.5 Å². The number of aliphatic carboxylic acids is 1. The third-order valence-electron chi connectivity index (χ3n) is 8.93. The van der Waals surface area contributed by atoms with Crippen LogP contribution in [0, 0.1) is 5.92 Å². The third-order valence-corrected chi connectivity index (χ3v) is 8.93. The Kier molecular flexibility index (Phi) is 8.42. The number of pyridine rings is 1. The molecule has 3 aromatic rings. The standard InChI is InChI=1S/C34H38N4O5/c39-30-29-19-26(43-31-27-15-10-9-13-24(27)17-18-35-31)22-38(29)32(40)28(36-21-23-11-5-4-6-12-23)16-8-3-1-2-7-14-25-20-34(25,37-30)33(41)42/h4-7,9-15,17-18,25-26,28-29,36H,1-3,8,16,19-22H2,(H,37,39)(H,41,42)/b14-7-/t25-,26+,28-,29-,34+/m0/s1. The lowest BCUT2D eigenvalue weighted by molar-refractivity contribution is -0.145. The van der Waals surface area contributed by atoms with Crippen molar-refractivity contribution in [1.29, 1.82) is 0 Å². The van der Waals surface area contributed by atoms with Crippen LogP contribution in [0.2, 0.25) is 0 Å². The topological polar surface area (TPSA) is 121 Å². The van der Waals surface area contributed by atoms with Crippen molar-refractivity contribution < 1.29 is 24.2 Å². The summed E-state index contributed by atoms with van der Waals surface area (Å²) in [7, 11) is 0. The molecule has 224 valence electrons. The number of aromatic nitrogens is 1. The molecular formula is C34H38N4O5. The van der Waals surface area contributed by atoms with Crippen LogP contribution in [-0.4, -0.2) is 63.0 Å². The van der Waals surface area contributed by atoms with Crippen LogP contribution in [0.25, 0.3) is 10.8 Å². The normalized spacial score (nSPS) is 28.6. The summed E-state index contributed by atoms with van der Waals surface area (Å²) < 4.78 is 6.37. The first-order valence-corrected chi connectivity index (χ1v) is 15.2. The number of carbonyl (C=O) groups excluding carboxylic acids is 2. The molecule has 3 aliphatic rings. The summed E-state index contributed by atoms with van der Waals surface area (Å²) in [6.07, 6.45) is 9.98. The summed E-state index contributed by atoms with van der Waals surface area (Å²) in [5.41, 5.74) is -0.276. The Morgan fingerprint density at radius 3 is 2.72 bits per heavy atom. The fraction of sp³-hybridized carbons (Fsp3) is 0.412. The van der Waals surface area contributed by atoms with Crippen molar-refractivity contribution in [3.05, 3.63) is 84.6 Å². The highest BCUT2D eigenvalue weighted by Crippen LogP contribution is 2.45. The highest BCUT2D eigenvalue weighted by Gasteiger charge is 2.61. The molecule has 9 heteroatoms. The second kappa shape index (κ2) is 12.6. The zero-order valence-corrected chi connectivity index (χ0v) is 24.2. The number of hydrogen-bond acceptors (Lipinski definition) is 6. The van der Waals surface area contributed by atoms with E-state index >= 15 is 0 Å². The molecule has 2 amide bonds. The summed E-state index contributed by atoms with van der Waals surface area (Å²) in [4.78, 5) is 46.5. The number of nitrogens with zero attached hydrogens (tertiary/aromatic N) is 2. The maximum absolute atomic E-state index is 14.2. The van der Waals surface area contributed by atoms with Gasteiger partial charge in [-0.2, -0.15) is 0 Å². The van der Waals surface area contributed by atoms with Gasteiger partial charge < -0.3 is 25.4 Å². The minimum absolute atomic E-state index is 0.169. The summed E-state index contributed by atoms with van der Waals surface area (Å²) >= 11 is 0. The van der Waals surface area contributed by atoms with E-state index < -0.39 is 35.6 Å². The van der Waals surface area contributed by atoms with Gasteiger partial charge >= 0.3 is 5.97 Å². The SMILES string of the molecule is O=C1N[C@]2(C(=O)O)C[C@@H]2/C=C\CCCCC[C@H](NCc2ccccc2)C(=O)N2C[C@H](Oc3nccc4ccccc34)C[C@@H]12. The van der Waals surface area contributed by atoms with E-state index in [4.69, 9.17) is 4.74 Å². The van der Waals surface area contributed by atoms with Gasteiger partial charge in [0.15, 0.2) is 0 Å². The Balaban J connectivity index is 1.28. The molecule has 0 bridgehead atoms. The molecule has 2 aliphatic heterocycles. The molecule has 3 heterocycles. The lowest BCUT2D eigenvalue weighted by atomic mass is 10.0. The van der Waals surface area contributed by atoms with Gasteiger partial charge in [0.05, 0.1) is 12.6 Å². The van der Waals surface area contributed by atoms with E-state index in [2.05, 4.69) is 15.6 Å². The minimum Gasteiger partial charge on any atom is -0.479 e. The number of carboxylic acids is 1. The van der Waals surface area contributed by atoms with E-state index in [0.717, 1.165) is 42.0 Å². The van der Waals surface area contributed by atoms with Crippen LogP contribution >= 0.6 is 0 Å². The molecule has 1 saturated heterocycles. The number of carboxylic acid groups (broad SMARTS) is 1. The molecule has 1 aliphatic carbocycles. The van der Waals surface area contributed by atoms with Gasteiger partial charge in [-0.15, -0.1) is 0 Å².